The average Bonchev–Trinajstić information content (AvgIpc) is 2.53. The molecule has 7 heteroatoms. The number of benzene rings is 1. The number of carbonyl (C=O) groups is 1. The lowest BCUT2D eigenvalue weighted by molar-refractivity contribution is -0.246. The minimum absolute atomic E-state index is 0.0839. The smallest absolute Gasteiger partial charge is 0.243 e. The summed E-state index contributed by atoms with van der Waals surface area (Å²) in [5, 5.41) is 11.1. The monoisotopic (exact) mass is 323 g/mol. The highest BCUT2D eigenvalue weighted by atomic mass is 32.2. The molecule has 0 unspecified atom stereocenters. The van der Waals surface area contributed by atoms with E-state index in [1.807, 2.05) is 0 Å². The van der Waals surface area contributed by atoms with Crippen molar-refractivity contribution in [3.63, 3.8) is 0 Å². The van der Waals surface area contributed by atoms with E-state index in [1.165, 1.54) is 34.6 Å². The molecule has 1 amide bonds. The van der Waals surface area contributed by atoms with Crippen molar-refractivity contribution in [1.82, 2.24) is 4.31 Å². The largest absolute Gasteiger partial charge is 0.530 e. The van der Waals surface area contributed by atoms with E-state index < -0.39 is 16.1 Å². The van der Waals surface area contributed by atoms with Gasteiger partial charge in [0.1, 0.15) is 6.09 Å². The van der Waals surface area contributed by atoms with Crippen LogP contribution in [0.2, 0.25) is 0 Å². The Labute approximate surface area is 130 Å². The maximum atomic E-state index is 12.5. The Balaban J connectivity index is 2.23. The Morgan fingerprint density at radius 3 is 2.32 bits per heavy atom. The van der Waals surface area contributed by atoms with Crippen molar-refractivity contribution in [2.75, 3.05) is 24.5 Å². The van der Waals surface area contributed by atoms with Crippen LogP contribution in [0.3, 0.4) is 0 Å². The van der Waals surface area contributed by atoms with Gasteiger partial charge in [-0.2, -0.15) is 4.31 Å². The third kappa shape index (κ3) is 3.48. The summed E-state index contributed by atoms with van der Waals surface area (Å²) in [6.07, 6.45) is 2.87. The van der Waals surface area contributed by atoms with Crippen LogP contribution >= 0.6 is 0 Å². The molecular formula is C15H19N2O4S-. The van der Waals surface area contributed by atoms with E-state index in [-0.39, 0.29) is 11.4 Å². The summed E-state index contributed by atoms with van der Waals surface area (Å²) in [5.41, 5.74) is 0.359. The molecule has 0 saturated carbocycles. The molecule has 1 aliphatic rings. The molecule has 1 fully saturated rings. The van der Waals surface area contributed by atoms with Crippen LogP contribution in [0.15, 0.2) is 41.8 Å². The number of carboxylic acid groups (broad SMARTS) is 1. The standard InChI is InChI=1S/C15H20N2O4S/c1-2-10-17(15(18)19)13-6-8-14(9-7-13)22(20,21)16-11-4-3-5-12-16/h2,6-9H,1,3-5,10-12H2,(H,18,19)/p-1. The number of anilines is 1. The number of carbonyl (C=O) groups excluding carboxylic acids is 1. The lowest BCUT2D eigenvalue weighted by Crippen LogP contribution is -2.41. The summed E-state index contributed by atoms with van der Waals surface area (Å²) in [5.74, 6) is 0. The first kappa shape index (κ1) is 16.5. The fourth-order valence-electron chi connectivity index (χ4n) is 2.47. The van der Waals surface area contributed by atoms with Crippen LogP contribution in [0.25, 0.3) is 0 Å². The van der Waals surface area contributed by atoms with Crippen molar-refractivity contribution in [2.45, 2.75) is 24.2 Å². The van der Waals surface area contributed by atoms with Gasteiger partial charge in [0.25, 0.3) is 0 Å². The van der Waals surface area contributed by atoms with Gasteiger partial charge in [-0.25, -0.2) is 8.42 Å². The molecule has 0 atom stereocenters. The lowest BCUT2D eigenvalue weighted by atomic mass is 10.2. The van der Waals surface area contributed by atoms with E-state index in [2.05, 4.69) is 6.58 Å². The molecule has 1 saturated heterocycles. The number of rotatable bonds is 5. The molecule has 6 nitrogen and oxygen atoms in total. The molecule has 0 radical (unpaired) electrons. The van der Waals surface area contributed by atoms with E-state index in [0.29, 0.717) is 18.8 Å². The highest BCUT2D eigenvalue weighted by Crippen LogP contribution is 2.23. The molecule has 0 aromatic heterocycles. The molecule has 2 rings (SSSR count). The van der Waals surface area contributed by atoms with Crippen LogP contribution in [-0.2, 0) is 10.0 Å². The summed E-state index contributed by atoms with van der Waals surface area (Å²) < 4.78 is 26.5. The molecule has 1 aliphatic heterocycles. The second kappa shape index (κ2) is 6.93. The number of amides is 1. The van der Waals surface area contributed by atoms with Crippen LogP contribution in [0.4, 0.5) is 10.5 Å². The van der Waals surface area contributed by atoms with Crippen molar-refractivity contribution in [1.29, 1.82) is 0 Å². The van der Waals surface area contributed by atoms with Crippen molar-refractivity contribution in [3.05, 3.63) is 36.9 Å². The van der Waals surface area contributed by atoms with E-state index in [4.69, 9.17) is 0 Å². The number of hydrogen-bond donors (Lipinski definition) is 0. The van der Waals surface area contributed by atoms with E-state index in [1.54, 1.807) is 0 Å². The Kier molecular flexibility index (Phi) is 5.20. The first-order valence-corrected chi connectivity index (χ1v) is 8.60. The van der Waals surface area contributed by atoms with Gasteiger partial charge in [-0.15, -0.1) is 6.58 Å². The van der Waals surface area contributed by atoms with Gasteiger partial charge >= 0.3 is 0 Å². The molecule has 22 heavy (non-hydrogen) atoms. The fourth-order valence-corrected chi connectivity index (χ4v) is 3.98. The van der Waals surface area contributed by atoms with Crippen molar-refractivity contribution in [2.24, 2.45) is 0 Å². The topological polar surface area (TPSA) is 80.8 Å². The summed E-state index contributed by atoms with van der Waals surface area (Å²) in [6.45, 7) is 4.64. The zero-order chi connectivity index (χ0) is 16.2. The van der Waals surface area contributed by atoms with Gasteiger partial charge in [0.15, 0.2) is 0 Å². The Hall–Kier alpha value is -1.86. The van der Waals surface area contributed by atoms with Crippen molar-refractivity contribution >= 4 is 21.8 Å². The highest BCUT2D eigenvalue weighted by Gasteiger charge is 2.25. The van der Waals surface area contributed by atoms with E-state index in [0.717, 1.165) is 24.2 Å². The predicted octanol–water partition coefficient (Wildman–Crippen LogP) is 1.20. The first-order chi connectivity index (χ1) is 10.5. The van der Waals surface area contributed by atoms with Gasteiger partial charge in [0, 0.05) is 25.3 Å². The quantitative estimate of drug-likeness (QED) is 0.763. The van der Waals surface area contributed by atoms with Crippen molar-refractivity contribution < 1.29 is 18.3 Å². The maximum Gasteiger partial charge on any atom is 0.243 e. The molecule has 1 heterocycles. The SMILES string of the molecule is C=CCN(C(=O)[O-])c1ccc(S(=O)(=O)N2CCCCC2)cc1. The summed E-state index contributed by atoms with van der Waals surface area (Å²) in [6, 6.07) is 5.79. The molecule has 0 aliphatic carbocycles. The Morgan fingerprint density at radius 1 is 1.23 bits per heavy atom. The van der Waals surface area contributed by atoms with Gasteiger partial charge in [-0.3, -0.25) is 0 Å². The summed E-state index contributed by atoms with van der Waals surface area (Å²) >= 11 is 0. The zero-order valence-electron chi connectivity index (χ0n) is 12.3. The average molecular weight is 323 g/mol. The highest BCUT2D eigenvalue weighted by molar-refractivity contribution is 7.89. The first-order valence-electron chi connectivity index (χ1n) is 7.16. The second-order valence-corrected chi connectivity index (χ2v) is 7.06. The Bertz CT molecular complexity index is 634. The molecule has 1 aromatic carbocycles. The normalized spacial score (nSPS) is 16.2. The number of nitrogens with zero attached hydrogens (tertiary/aromatic N) is 2. The van der Waals surface area contributed by atoms with Gasteiger partial charge in [-0.1, -0.05) is 12.5 Å². The predicted molar refractivity (Wildman–Crippen MR) is 82.0 cm³/mol. The maximum absolute atomic E-state index is 12.5. The van der Waals surface area contributed by atoms with Gasteiger partial charge < -0.3 is 14.8 Å². The number of sulfonamides is 1. The summed E-state index contributed by atoms with van der Waals surface area (Å²) in [7, 11) is -3.51. The van der Waals surface area contributed by atoms with E-state index >= 15 is 0 Å². The second-order valence-electron chi connectivity index (χ2n) is 5.12. The lowest BCUT2D eigenvalue weighted by Gasteiger charge is -2.27. The molecule has 120 valence electrons. The fraction of sp³-hybridized carbons (Fsp3) is 0.400. The minimum Gasteiger partial charge on any atom is -0.530 e. The van der Waals surface area contributed by atoms with Crippen LogP contribution < -0.4 is 10.0 Å². The molecule has 0 bridgehead atoms. The minimum atomic E-state index is -3.51. The number of hydrogen-bond acceptors (Lipinski definition) is 4. The van der Waals surface area contributed by atoms with Crippen molar-refractivity contribution in [3.8, 4) is 0 Å². The summed E-state index contributed by atoms with van der Waals surface area (Å²) in [4.78, 5) is 12.2. The van der Waals surface area contributed by atoms with Crippen LogP contribution in [0, 0.1) is 0 Å². The molecule has 1 aromatic rings. The number of piperidine rings is 1. The van der Waals surface area contributed by atoms with Gasteiger partial charge in [0.2, 0.25) is 10.0 Å². The van der Waals surface area contributed by atoms with Crippen LogP contribution in [0.1, 0.15) is 19.3 Å². The molecular weight excluding hydrogens is 304 g/mol. The van der Waals surface area contributed by atoms with Crippen LogP contribution in [0.5, 0.6) is 0 Å². The van der Waals surface area contributed by atoms with Crippen LogP contribution in [-0.4, -0.2) is 38.5 Å². The van der Waals surface area contributed by atoms with Gasteiger partial charge in [-0.05, 0) is 37.1 Å². The third-order valence-corrected chi connectivity index (χ3v) is 5.55. The third-order valence-electron chi connectivity index (χ3n) is 3.63. The Morgan fingerprint density at radius 2 is 1.82 bits per heavy atom. The van der Waals surface area contributed by atoms with Gasteiger partial charge in [0.05, 0.1) is 4.90 Å². The zero-order valence-corrected chi connectivity index (χ0v) is 13.1. The van der Waals surface area contributed by atoms with E-state index in [9.17, 15) is 18.3 Å². The molecule has 0 N–H and O–H groups in total. The molecule has 0 spiro atoms.